The van der Waals surface area contributed by atoms with Gasteiger partial charge in [0.25, 0.3) is 17.5 Å². The number of thiazole rings is 1. The zero-order valence-corrected chi connectivity index (χ0v) is 25.5. The molecule has 2 saturated heterocycles. The summed E-state index contributed by atoms with van der Waals surface area (Å²) in [6, 6.07) is 16.6. The van der Waals surface area contributed by atoms with E-state index in [0.717, 1.165) is 47.0 Å². The second-order valence-electron chi connectivity index (χ2n) is 11.0. The number of benzene rings is 3. The number of anilines is 2. The average molecular weight is 654 g/mol. The van der Waals surface area contributed by atoms with Crippen LogP contribution in [0.25, 0.3) is 16.3 Å². The molecule has 7 rings (SSSR count). The first-order valence-corrected chi connectivity index (χ1v) is 16.0. The molecule has 1 saturated carbocycles. The fourth-order valence-electron chi connectivity index (χ4n) is 6.07. The molecule has 0 unspecified atom stereocenters. The zero-order chi connectivity index (χ0) is 32.1. The van der Waals surface area contributed by atoms with Crippen molar-refractivity contribution in [3.8, 4) is 0 Å². The highest BCUT2D eigenvalue weighted by Crippen LogP contribution is 2.43. The van der Waals surface area contributed by atoms with Crippen LogP contribution in [-0.2, 0) is 19.2 Å². The molecule has 1 aliphatic carbocycles. The Labute approximate surface area is 269 Å². The Morgan fingerprint density at radius 3 is 2.30 bits per heavy atom. The van der Waals surface area contributed by atoms with Crippen LogP contribution in [0, 0.1) is 22.0 Å². The van der Waals surface area contributed by atoms with E-state index in [4.69, 9.17) is 0 Å². The third-order valence-corrected chi connectivity index (χ3v) is 10.4. The second-order valence-corrected chi connectivity index (χ2v) is 13.3. The monoisotopic (exact) mass is 653 g/mol. The quantitative estimate of drug-likeness (QED) is 0.0905. The molecule has 14 heteroatoms. The van der Waals surface area contributed by atoms with Crippen molar-refractivity contribution in [2.24, 2.45) is 11.8 Å². The Kier molecular flexibility index (Phi) is 7.45. The molecule has 2 aliphatic heterocycles. The zero-order valence-electron chi connectivity index (χ0n) is 23.9. The van der Waals surface area contributed by atoms with Crippen molar-refractivity contribution in [2.75, 3.05) is 9.80 Å². The molecule has 4 aromatic rings. The van der Waals surface area contributed by atoms with E-state index in [1.807, 2.05) is 0 Å². The molecule has 230 valence electrons. The molecule has 3 aromatic carbocycles. The third-order valence-electron chi connectivity index (χ3n) is 8.26. The van der Waals surface area contributed by atoms with Gasteiger partial charge in [0.15, 0.2) is 4.34 Å². The van der Waals surface area contributed by atoms with Gasteiger partial charge in [-0.2, -0.15) is 0 Å². The van der Waals surface area contributed by atoms with Gasteiger partial charge in [-0.25, -0.2) is 14.7 Å². The number of para-hydroxylation sites is 1. The first kappa shape index (κ1) is 29.5. The van der Waals surface area contributed by atoms with E-state index in [-0.39, 0.29) is 51.1 Å². The highest BCUT2D eigenvalue weighted by Gasteiger charge is 2.48. The number of carbonyl (C=O) groups excluding carboxylic acids is 5. The smallest absolute Gasteiger partial charge is 0.274 e. The van der Waals surface area contributed by atoms with E-state index in [9.17, 15) is 34.1 Å². The van der Waals surface area contributed by atoms with Crippen LogP contribution < -0.4 is 15.1 Å². The summed E-state index contributed by atoms with van der Waals surface area (Å²) >= 11 is 2.35. The van der Waals surface area contributed by atoms with Gasteiger partial charge in [-0.3, -0.25) is 39.5 Å². The average Bonchev–Trinajstić information content (AvgIpc) is 3.56. The number of fused-ring (bicyclic) bond motifs is 2. The number of barbiturate groups is 1. The van der Waals surface area contributed by atoms with Gasteiger partial charge in [0.05, 0.1) is 43.2 Å². The summed E-state index contributed by atoms with van der Waals surface area (Å²) in [6.45, 7) is 0. The first-order valence-electron chi connectivity index (χ1n) is 14.4. The molecular formula is C32H23N5O7S2. The van der Waals surface area contributed by atoms with Crippen LogP contribution in [0.5, 0.6) is 0 Å². The SMILES string of the molecule is O=C1NC(=O)N(c2ccccc2)C(=O)/C1=C/c1ccc(Sc2nc3ccc(N4C(=O)[C@H]5CCCC[C@@H]5C4=O)cc3s2)c([N+](=O)[O-])c1. The van der Waals surface area contributed by atoms with Crippen molar-refractivity contribution < 1.29 is 28.9 Å². The summed E-state index contributed by atoms with van der Waals surface area (Å²) < 4.78 is 1.23. The number of nitro benzene ring substituents is 1. The number of nitrogens with zero attached hydrogens (tertiary/aromatic N) is 4. The fourth-order valence-corrected chi connectivity index (χ4v) is 8.22. The summed E-state index contributed by atoms with van der Waals surface area (Å²) in [4.78, 5) is 82.8. The summed E-state index contributed by atoms with van der Waals surface area (Å²) in [5, 5.41) is 14.2. The second kappa shape index (κ2) is 11.6. The largest absolute Gasteiger partial charge is 0.335 e. The van der Waals surface area contributed by atoms with E-state index in [2.05, 4.69) is 10.3 Å². The van der Waals surface area contributed by atoms with Crippen molar-refractivity contribution in [1.29, 1.82) is 0 Å². The van der Waals surface area contributed by atoms with Crippen LogP contribution in [-0.4, -0.2) is 39.6 Å². The molecule has 3 aliphatic rings. The van der Waals surface area contributed by atoms with Crippen molar-refractivity contribution in [3.05, 3.63) is 88.0 Å². The molecule has 6 amide bonds. The molecule has 0 radical (unpaired) electrons. The minimum Gasteiger partial charge on any atom is -0.274 e. The maximum absolute atomic E-state index is 13.2. The Balaban J connectivity index is 1.15. The van der Waals surface area contributed by atoms with Crippen LogP contribution in [0.2, 0.25) is 0 Å². The molecule has 12 nitrogen and oxygen atoms in total. The van der Waals surface area contributed by atoms with Crippen molar-refractivity contribution >= 4 is 86.1 Å². The van der Waals surface area contributed by atoms with Gasteiger partial charge in [0.1, 0.15) is 5.57 Å². The van der Waals surface area contributed by atoms with Crippen LogP contribution >= 0.6 is 23.1 Å². The van der Waals surface area contributed by atoms with Gasteiger partial charge in [-0.1, -0.05) is 48.9 Å². The van der Waals surface area contributed by atoms with Crippen LogP contribution in [0.1, 0.15) is 31.2 Å². The van der Waals surface area contributed by atoms with Gasteiger partial charge < -0.3 is 0 Å². The van der Waals surface area contributed by atoms with Gasteiger partial charge in [0, 0.05) is 6.07 Å². The predicted octanol–water partition coefficient (Wildman–Crippen LogP) is 5.70. The van der Waals surface area contributed by atoms with Crippen LogP contribution in [0.4, 0.5) is 21.9 Å². The number of amides is 6. The normalized spacial score (nSPS) is 20.9. The van der Waals surface area contributed by atoms with Crippen LogP contribution in [0.3, 0.4) is 0 Å². The highest BCUT2D eigenvalue weighted by molar-refractivity contribution is 8.01. The number of nitro groups is 1. The van der Waals surface area contributed by atoms with E-state index in [1.54, 1.807) is 48.5 Å². The third kappa shape index (κ3) is 5.14. The number of nitrogens with one attached hydrogen (secondary N) is 1. The number of hydrogen-bond donors (Lipinski definition) is 1. The summed E-state index contributed by atoms with van der Waals surface area (Å²) in [5.74, 6) is -2.62. The molecule has 0 spiro atoms. The van der Waals surface area contributed by atoms with Crippen molar-refractivity contribution in [1.82, 2.24) is 10.3 Å². The fraction of sp³-hybridized carbons (Fsp3) is 0.188. The lowest BCUT2D eigenvalue weighted by Gasteiger charge is -2.26. The van der Waals surface area contributed by atoms with E-state index in [0.29, 0.717) is 15.5 Å². The number of aromatic nitrogens is 1. The lowest BCUT2D eigenvalue weighted by atomic mass is 9.81. The Morgan fingerprint density at radius 2 is 1.61 bits per heavy atom. The standard InChI is InChI=1S/C32H23N5O7S2/c38-27-22(30(41)36(31(42)34-27)18-6-2-1-3-7-18)14-17-10-13-25(24(15-17)37(43)44)45-32-33-23-12-11-19(16-26(23)46-32)35-28(39)20-8-4-5-9-21(20)29(35)40/h1-3,6-7,10-16,20-21H,4-5,8-9H2,(H,34,38,42)/b22-14+/t20-,21-/m0/s1. The van der Waals surface area contributed by atoms with Gasteiger partial charge in [-0.05, 0) is 60.9 Å². The lowest BCUT2D eigenvalue weighted by molar-refractivity contribution is -0.387. The van der Waals surface area contributed by atoms with E-state index in [1.165, 1.54) is 40.5 Å². The maximum Gasteiger partial charge on any atom is 0.335 e. The molecule has 46 heavy (non-hydrogen) atoms. The minimum absolute atomic E-state index is 0.161. The summed E-state index contributed by atoms with van der Waals surface area (Å²) in [7, 11) is 0. The maximum atomic E-state index is 13.2. The molecule has 3 heterocycles. The summed E-state index contributed by atoms with van der Waals surface area (Å²) in [6.07, 6.45) is 4.53. The predicted molar refractivity (Wildman–Crippen MR) is 170 cm³/mol. The number of hydrogen-bond acceptors (Lipinski definition) is 10. The molecule has 3 fully saturated rings. The molecular weight excluding hydrogens is 631 g/mol. The number of rotatable bonds is 6. The number of urea groups is 1. The van der Waals surface area contributed by atoms with E-state index < -0.39 is 22.8 Å². The molecule has 1 N–H and O–H groups in total. The van der Waals surface area contributed by atoms with Gasteiger partial charge in [-0.15, -0.1) is 11.3 Å². The van der Waals surface area contributed by atoms with E-state index >= 15 is 0 Å². The van der Waals surface area contributed by atoms with Crippen molar-refractivity contribution in [3.63, 3.8) is 0 Å². The highest BCUT2D eigenvalue weighted by atomic mass is 32.2. The molecule has 0 bridgehead atoms. The summed E-state index contributed by atoms with van der Waals surface area (Å²) in [5.41, 5.74) is 0.974. The Bertz CT molecular complexity index is 2000. The number of carbonyl (C=O) groups is 5. The number of imide groups is 3. The molecule has 2 atom stereocenters. The van der Waals surface area contributed by atoms with Gasteiger partial charge in [0.2, 0.25) is 11.8 Å². The van der Waals surface area contributed by atoms with Gasteiger partial charge >= 0.3 is 6.03 Å². The topological polar surface area (TPSA) is 160 Å². The Hall–Kier alpha value is -5.21. The lowest BCUT2D eigenvalue weighted by Crippen LogP contribution is -2.54. The first-order chi connectivity index (χ1) is 22.2. The Morgan fingerprint density at radius 1 is 0.891 bits per heavy atom. The molecule has 1 aromatic heterocycles. The minimum atomic E-state index is -0.909. The van der Waals surface area contributed by atoms with Crippen molar-refractivity contribution in [2.45, 2.75) is 34.9 Å². The van der Waals surface area contributed by atoms with Crippen LogP contribution in [0.15, 0.2) is 81.5 Å².